The smallest absolute Gasteiger partial charge is 0.131 e. The van der Waals surface area contributed by atoms with E-state index in [2.05, 4.69) is 10.2 Å². The molecule has 4 aromatic carbocycles. The van der Waals surface area contributed by atoms with E-state index in [-0.39, 0.29) is 5.75 Å². The summed E-state index contributed by atoms with van der Waals surface area (Å²) in [5.74, 6) is 0.287. The topological polar surface area (TPSA) is 45.0 Å². The van der Waals surface area contributed by atoms with Crippen LogP contribution in [0.25, 0.3) is 21.5 Å². The van der Waals surface area contributed by atoms with Crippen LogP contribution in [0.1, 0.15) is 0 Å². The Kier molecular flexibility index (Phi) is 3.24. The van der Waals surface area contributed by atoms with Crippen molar-refractivity contribution in [2.45, 2.75) is 0 Å². The molecule has 0 atom stereocenters. The first-order valence-electron chi connectivity index (χ1n) is 7.44. The number of benzene rings is 4. The van der Waals surface area contributed by atoms with Crippen LogP contribution in [0.4, 0.5) is 11.4 Å². The number of rotatable bonds is 2. The predicted molar refractivity (Wildman–Crippen MR) is 93.7 cm³/mol. The molecule has 0 fully saturated rings. The minimum atomic E-state index is 0.287. The molecular formula is C20H14N2O. The van der Waals surface area contributed by atoms with Crippen LogP contribution < -0.4 is 0 Å². The highest BCUT2D eigenvalue weighted by molar-refractivity contribution is 6.14. The van der Waals surface area contributed by atoms with Gasteiger partial charge in [-0.15, -0.1) is 5.11 Å². The van der Waals surface area contributed by atoms with Crippen molar-refractivity contribution in [2.24, 2.45) is 10.2 Å². The highest BCUT2D eigenvalue weighted by Crippen LogP contribution is 2.42. The molecule has 0 saturated heterocycles. The Morgan fingerprint density at radius 2 is 1.00 bits per heavy atom. The molecule has 0 aliphatic rings. The maximum absolute atomic E-state index is 10.5. The molecule has 0 saturated carbocycles. The number of fused-ring (bicyclic) bond motifs is 2. The molecule has 0 amide bonds. The van der Waals surface area contributed by atoms with E-state index >= 15 is 0 Å². The minimum absolute atomic E-state index is 0.287. The lowest BCUT2D eigenvalue weighted by molar-refractivity contribution is 0.488. The first kappa shape index (κ1) is 13.5. The molecule has 0 heterocycles. The summed E-state index contributed by atoms with van der Waals surface area (Å²) in [5.41, 5.74) is 1.58. The molecular weight excluding hydrogens is 284 g/mol. The normalized spacial score (nSPS) is 11.5. The fraction of sp³-hybridized carbons (Fsp3) is 0. The molecule has 0 aliphatic carbocycles. The van der Waals surface area contributed by atoms with Crippen LogP contribution in [-0.2, 0) is 0 Å². The van der Waals surface area contributed by atoms with Gasteiger partial charge in [0.05, 0.1) is 5.69 Å². The number of phenolic OH excluding ortho intramolecular Hbond substituents is 1. The lowest BCUT2D eigenvalue weighted by Gasteiger charge is -2.09. The van der Waals surface area contributed by atoms with Crippen LogP contribution in [-0.4, -0.2) is 5.11 Å². The van der Waals surface area contributed by atoms with E-state index in [1.165, 1.54) is 0 Å². The summed E-state index contributed by atoms with van der Waals surface area (Å²) in [6, 6.07) is 25.1. The van der Waals surface area contributed by atoms with Crippen molar-refractivity contribution >= 4 is 32.9 Å². The van der Waals surface area contributed by atoms with Gasteiger partial charge in [0, 0.05) is 21.5 Å². The third-order valence-electron chi connectivity index (χ3n) is 3.90. The van der Waals surface area contributed by atoms with Gasteiger partial charge in [-0.1, -0.05) is 66.7 Å². The van der Waals surface area contributed by atoms with E-state index in [9.17, 15) is 5.11 Å². The van der Waals surface area contributed by atoms with Crippen molar-refractivity contribution in [1.82, 2.24) is 0 Å². The Morgan fingerprint density at radius 1 is 0.522 bits per heavy atom. The number of hydrogen-bond donors (Lipinski definition) is 1. The zero-order chi connectivity index (χ0) is 15.6. The maximum Gasteiger partial charge on any atom is 0.131 e. The molecule has 0 aliphatic heterocycles. The summed E-state index contributed by atoms with van der Waals surface area (Å²) < 4.78 is 0. The van der Waals surface area contributed by atoms with Crippen LogP contribution in [0.3, 0.4) is 0 Å². The van der Waals surface area contributed by atoms with E-state index in [1.54, 1.807) is 0 Å². The number of phenols is 1. The number of aromatic hydroxyl groups is 1. The number of azo groups is 1. The SMILES string of the molecule is Oc1c2ccccc2c(N=Nc2ccccc2)c2ccccc12. The highest BCUT2D eigenvalue weighted by atomic mass is 16.3. The Labute approximate surface area is 133 Å². The number of nitrogens with zero attached hydrogens (tertiary/aromatic N) is 2. The van der Waals surface area contributed by atoms with Gasteiger partial charge in [0.1, 0.15) is 11.4 Å². The first-order chi connectivity index (χ1) is 11.3. The largest absolute Gasteiger partial charge is 0.507 e. The molecule has 0 spiro atoms. The molecule has 110 valence electrons. The summed E-state index contributed by atoms with van der Waals surface area (Å²) in [6.45, 7) is 0. The first-order valence-corrected chi connectivity index (χ1v) is 7.44. The van der Waals surface area contributed by atoms with E-state index in [0.29, 0.717) is 0 Å². The van der Waals surface area contributed by atoms with Gasteiger partial charge in [-0.3, -0.25) is 0 Å². The second-order valence-electron chi connectivity index (χ2n) is 5.32. The number of hydrogen-bond acceptors (Lipinski definition) is 3. The fourth-order valence-electron chi connectivity index (χ4n) is 2.79. The Morgan fingerprint density at radius 3 is 1.57 bits per heavy atom. The van der Waals surface area contributed by atoms with Crippen LogP contribution in [0.2, 0.25) is 0 Å². The molecule has 0 radical (unpaired) electrons. The second-order valence-corrected chi connectivity index (χ2v) is 5.32. The molecule has 23 heavy (non-hydrogen) atoms. The molecule has 3 nitrogen and oxygen atoms in total. The standard InChI is InChI=1S/C20H14N2O/c23-20-17-12-6-4-10-15(17)19(16-11-5-7-13-18(16)20)22-21-14-8-2-1-3-9-14/h1-13,23H. The molecule has 4 aromatic rings. The van der Waals surface area contributed by atoms with E-state index in [4.69, 9.17) is 0 Å². The van der Waals surface area contributed by atoms with E-state index < -0.39 is 0 Å². The lowest BCUT2D eigenvalue weighted by atomic mass is 10.00. The van der Waals surface area contributed by atoms with Gasteiger partial charge in [-0.05, 0) is 12.1 Å². The van der Waals surface area contributed by atoms with Gasteiger partial charge in [0.25, 0.3) is 0 Å². The van der Waals surface area contributed by atoms with Gasteiger partial charge in [-0.2, -0.15) is 5.11 Å². The third-order valence-corrected chi connectivity index (χ3v) is 3.90. The fourth-order valence-corrected chi connectivity index (χ4v) is 2.79. The Hall–Kier alpha value is -3.20. The van der Waals surface area contributed by atoms with E-state index in [1.807, 2.05) is 78.9 Å². The minimum Gasteiger partial charge on any atom is -0.507 e. The molecule has 0 unspecified atom stereocenters. The Balaban J connectivity index is 2.03. The molecule has 0 bridgehead atoms. The third kappa shape index (κ3) is 2.32. The van der Waals surface area contributed by atoms with Crippen molar-refractivity contribution in [1.29, 1.82) is 0 Å². The molecule has 4 rings (SSSR count). The van der Waals surface area contributed by atoms with Gasteiger partial charge < -0.3 is 5.11 Å². The zero-order valence-electron chi connectivity index (χ0n) is 12.3. The summed E-state index contributed by atoms with van der Waals surface area (Å²) >= 11 is 0. The van der Waals surface area contributed by atoms with Crippen LogP contribution in [0, 0.1) is 0 Å². The Bertz CT molecular complexity index is 967. The second kappa shape index (κ2) is 5.54. The van der Waals surface area contributed by atoms with Crippen molar-refractivity contribution < 1.29 is 5.11 Å². The monoisotopic (exact) mass is 298 g/mol. The lowest BCUT2D eigenvalue weighted by Crippen LogP contribution is -1.80. The maximum atomic E-state index is 10.5. The summed E-state index contributed by atoms with van der Waals surface area (Å²) in [5, 5.41) is 22.7. The molecule has 3 heteroatoms. The van der Waals surface area contributed by atoms with Gasteiger partial charge in [0.15, 0.2) is 0 Å². The van der Waals surface area contributed by atoms with Crippen LogP contribution >= 0.6 is 0 Å². The van der Waals surface area contributed by atoms with Gasteiger partial charge >= 0.3 is 0 Å². The average molecular weight is 298 g/mol. The summed E-state index contributed by atoms with van der Waals surface area (Å²) in [4.78, 5) is 0. The van der Waals surface area contributed by atoms with E-state index in [0.717, 1.165) is 32.9 Å². The molecule has 1 N–H and O–H groups in total. The zero-order valence-corrected chi connectivity index (χ0v) is 12.3. The average Bonchev–Trinajstić information content (AvgIpc) is 2.63. The van der Waals surface area contributed by atoms with Crippen molar-refractivity contribution in [3.8, 4) is 5.75 Å². The van der Waals surface area contributed by atoms with Crippen molar-refractivity contribution in [3.05, 3.63) is 78.9 Å². The highest BCUT2D eigenvalue weighted by Gasteiger charge is 2.12. The van der Waals surface area contributed by atoms with Gasteiger partial charge in [0.2, 0.25) is 0 Å². The van der Waals surface area contributed by atoms with Crippen LogP contribution in [0.15, 0.2) is 89.1 Å². The van der Waals surface area contributed by atoms with Gasteiger partial charge in [-0.25, -0.2) is 0 Å². The molecule has 0 aromatic heterocycles. The van der Waals surface area contributed by atoms with Crippen molar-refractivity contribution in [2.75, 3.05) is 0 Å². The summed E-state index contributed by atoms with van der Waals surface area (Å²) in [7, 11) is 0. The summed E-state index contributed by atoms with van der Waals surface area (Å²) in [6.07, 6.45) is 0. The quantitative estimate of drug-likeness (QED) is 0.352. The predicted octanol–water partition coefficient (Wildman–Crippen LogP) is 6.11. The van der Waals surface area contributed by atoms with Crippen molar-refractivity contribution in [3.63, 3.8) is 0 Å². The van der Waals surface area contributed by atoms with Crippen LogP contribution in [0.5, 0.6) is 5.75 Å².